The minimum absolute atomic E-state index is 0.0734. The molecule has 3 rings (SSSR count). The highest BCUT2D eigenvalue weighted by atomic mass is 32.2. The standard InChI is InChI=1S/C26H30N2O6S/c1-18-10-13-21(14-11-18)35(30,31)28(23-8-6-7-9-25(23)34-5)17-26(29)27-19(2)22-16-20(32-3)12-15-24(22)33-4/h6-16,19H,17H2,1-5H3,(H,27,29). The van der Waals surface area contributed by atoms with Gasteiger partial charge in [-0.2, -0.15) is 0 Å². The van der Waals surface area contributed by atoms with Gasteiger partial charge in [0.15, 0.2) is 0 Å². The first-order valence-corrected chi connectivity index (χ1v) is 12.4. The Hall–Kier alpha value is -3.72. The van der Waals surface area contributed by atoms with Crippen molar-refractivity contribution in [1.29, 1.82) is 0 Å². The van der Waals surface area contributed by atoms with Gasteiger partial charge in [-0.05, 0) is 56.3 Å². The van der Waals surface area contributed by atoms with Gasteiger partial charge in [0.1, 0.15) is 23.8 Å². The molecule has 0 bridgehead atoms. The molecule has 0 aromatic heterocycles. The zero-order valence-corrected chi connectivity index (χ0v) is 21.3. The Bertz CT molecular complexity index is 1280. The maximum atomic E-state index is 13.6. The van der Waals surface area contributed by atoms with Crippen LogP contribution in [0, 0.1) is 6.92 Å². The number of para-hydroxylation sites is 2. The third-order valence-electron chi connectivity index (χ3n) is 5.53. The van der Waals surface area contributed by atoms with E-state index in [0.717, 1.165) is 9.87 Å². The molecule has 9 heteroatoms. The number of methoxy groups -OCH3 is 3. The van der Waals surface area contributed by atoms with Crippen LogP contribution in [0.25, 0.3) is 0 Å². The molecule has 1 amide bonds. The molecule has 0 spiro atoms. The molecule has 1 atom stereocenters. The number of aryl methyl sites for hydroxylation is 1. The first kappa shape index (κ1) is 25.9. The van der Waals surface area contributed by atoms with E-state index in [1.165, 1.54) is 26.4 Å². The molecule has 0 radical (unpaired) electrons. The van der Waals surface area contributed by atoms with E-state index >= 15 is 0 Å². The molecule has 0 aliphatic heterocycles. The molecule has 3 aromatic rings. The molecule has 0 aliphatic rings. The minimum Gasteiger partial charge on any atom is -0.497 e. The fourth-order valence-corrected chi connectivity index (χ4v) is 5.08. The normalized spacial score (nSPS) is 11.9. The van der Waals surface area contributed by atoms with E-state index in [-0.39, 0.29) is 10.6 Å². The molecule has 35 heavy (non-hydrogen) atoms. The maximum Gasteiger partial charge on any atom is 0.264 e. The molecule has 1 unspecified atom stereocenters. The van der Waals surface area contributed by atoms with Crippen LogP contribution in [-0.2, 0) is 14.8 Å². The Morgan fingerprint density at radius 3 is 2.20 bits per heavy atom. The minimum atomic E-state index is -4.07. The lowest BCUT2D eigenvalue weighted by Gasteiger charge is -2.26. The highest BCUT2D eigenvalue weighted by molar-refractivity contribution is 7.92. The number of ether oxygens (including phenoxy) is 3. The zero-order valence-electron chi connectivity index (χ0n) is 20.4. The Morgan fingerprint density at radius 2 is 1.57 bits per heavy atom. The predicted molar refractivity (Wildman–Crippen MR) is 135 cm³/mol. The number of hydrogen-bond donors (Lipinski definition) is 1. The molecule has 0 aliphatic carbocycles. The van der Waals surface area contributed by atoms with Crippen molar-refractivity contribution >= 4 is 21.6 Å². The number of rotatable bonds is 10. The fourth-order valence-electron chi connectivity index (χ4n) is 3.65. The lowest BCUT2D eigenvalue weighted by Crippen LogP contribution is -2.41. The molecule has 0 saturated heterocycles. The van der Waals surface area contributed by atoms with Gasteiger partial charge in [-0.3, -0.25) is 9.10 Å². The highest BCUT2D eigenvalue weighted by Gasteiger charge is 2.30. The Morgan fingerprint density at radius 1 is 0.914 bits per heavy atom. The summed E-state index contributed by atoms with van der Waals surface area (Å²) in [6.45, 7) is 3.21. The Labute approximate surface area is 206 Å². The van der Waals surface area contributed by atoms with Gasteiger partial charge in [0.25, 0.3) is 10.0 Å². The first-order valence-electron chi connectivity index (χ1n) is 10.9. The SMILES string of the molecule is COc1ccc(OC)c(C(C)NC(=O)CN(c2ccccc2OC)S(=O)(=O)c2ccc(C)cc2)c1. The molecular weight excluding hydrogens is 468 g/mol. The van der Waals surface area contributed by atoms with Gasteiger partial charge in [-0.15, -0.1) is 0 Å². The average Bonchev–Trinajstić information content (AvgIpc) is 2.86. The van der Waals surface area contributed by atoms with Crippen molar-refractivity contribution < 1.29 is 27.4 Å². The summed E-state index contributed by atoms with van der Waals surface area (Å²) >= 11 is 0. The molecule has 0 fully saturated rings. The van der Waals surface area contributed by atoms with Gasteiger partial charge in [0.05, 0.1) is 38.0 Å². The number of nitrogens with zero attached hydrogens (tertiary/aromatic N) is 1. The number of carbonyl (C=O) groups excluding carboxylic acids is 1. The van der Waals surface area contributed by atoms with E-state index < -0.39 is 28.5 Å². The van der Waals surface area contributed by atoms with Crippen molar-refractivity contribution in [2.75, 3.05) is 32.2 Å². The first-order chi connectivity index (χ1) is 16.7. The molecule has 1 N–H and O–H groups in total. The predicted octanol–water partition coefficient (Wildman–Crippen LogP) is 4.09. The molecule has 8 nitrogen and oxygen atoms in total. The van der Waals surface area contributed by atoms with Crippen molar-refractivity contribution in [3.8, 4) is 17.2 Å². The van der Waals surface area contributed by atoms with Crippen LogP contribution in [-0.4, -0.2) is 42.2 Å². The summed E-state index contributed by atoms with van der Waals surface area (Å²) in [5, 5.41) is 2.87. The van der Waals surface area contributed by atoms with E-state index in [1.807, 2.05) is 6.92 Å². The van der Waals surface area contributed by atoms with Crippen molar-refractivity contribution in [1.82, 2.24) is 5.32 Å². The maximum absolute atomic E-state index is 13.6. The lowest BCUT2D eigenvalue weighted by molar-refractivity contribution is -0.120. The second kappa shape index (κ2) is 11.1. The van der Waals surface area contributed by atoms with Gasteiger partial charge < -0.3 is 19.5 Å². The van der Waals surface area contributed by atoms with Crippen molar-refractivity contribution in [3.05, 3.63) is 77.9 Å². The summed E-state index contributed by atoms with van der Waals surface area (Å²) in [5.74, 6) is 1.02. The highest BCUT2D eigenvalue weighted by Crippen LogP contribution is 2.33. The largest absolute Gasteiger partial charge is 0.497 e. The topological polar surface area (TPSA) is 94.2 Å². The van der Waals surface area contributed by atoms with Crippen molar-refractivity contribution in [3.63, 3.8) is 0 Å². The van der Waals surface area contributed by atoms with Crippen LogP contribution < -0.4 is 23.8 Å². The van der Waals surface area contributed by atoms with Gasteiger partial charge in [0, 0.05) is 5.56 Å². The summed E-state index contributed by atoms with van der Waals surface area (Å²) in [6, 6.07) is 17.9. The fraction of sp³-hybridized carbons (Fsp3) is 0.269. The third-order valence-corrected chi connectivity index (χ3v) is 7.30. The van der Waals surface area contributed by atoms with E-state index in [9.17, 15) is 13.2 Å². The number of sulfonamides is 1. The van der Waals surface area contributed by atoms with Crippen LogP contribution in [0.2, 0.25) is 0 Å². The second-order valence-electron chi connectivity index (χ2n) is 7.89. The Balaban J connectivity index is 1.95. The summed E-state index contributed by atoms with van der Waals surface area (Å²) in [5.41, 5.74) is 1.88. The van der Waals surface area contributed by atoms with Gasteiger partial charge in [0.2, 0.25) is 5.91 Å². The number of nitrogens with one attached hydrogen (secondary N) is 1. The van der Waals surface area contributed by atoms with Gasteiger partial charge in [-0.1, -0.05) is 29.8 Å². The number of carbonyl (C=O) groups is 1. The van der Waals surface area contributed by atoms with E-state index in [4.69, 9.17) is 14.2 Å². The number of anilines is 1. The number of benzene rings is 3. The van der Waals surface area contributed by atoms with Crippen molar-refractivity contribution in [2.45, 2.75) is 24.8 Å². The van der Waals surface area contributed by atoms with Crippen LogP contribution in [0.3, 0.4) is 0 Å². The summed E-state index contributed by atoms with van der Waals surface area (Å²) in [4.78, 5) is 13.2. The molecule has 186 valence electrons. The third kappa shape index (κ3) is 5.86. The van der Waals surface area contributed by atoms with Gasteiger partial charge in [-0.25, -0.2) is 8.42 Å². The van der Waals surface area contributed by atoms with Gasteiger partial charge >= 0.3 is 0 Å². The van der Waals surface area contributed by atoms with E-state index in [1.54, 1.807) is 68.6 Å². The van der Waals surface area contributed by atoms with E-state index in [2.05, 4.69) is 5.32 Å². The van der Waals surface area contributed by atoms with Crippen LogP contribution >= 0.6 is 0 Å². The zero-order chi connectivity index (χ0) is 25.6. The van der Waals surface area contributed by atoms with Crippen LogP contribution in [0.4, 0.5) is 5.69 Å². The molecule has 3 aromatic carbocycles. The van der Waals surface area contributed by atoms with Crippen LogP contribution in [0.15, 0.2) is 71.6 Å². The number of hydrogen-bond acceptors (Lipinski definition) is 6. The summed E-state index contributed by atoms with van der Waals surface area (Å²) < 4.78 is 44.4. The van der Waals surface area contributed by atoms with Crippen LogP contribution in [0.1, 0.15) is 24.1 Å². The monoisotopic (exact) mass is 498 g/mol. The average molecular weight is 499 g/mol. The number of amides is 1. The smallest absolute Gasteiger partial charge is 0.264 e. The lowest BCUT2D eigenvalue weighted by atomic mass is 10.1. The molecule has 0 saturated carbocycles. The summed E-state index contributed by atoms with van der Waals surface area (Å²) in [6.07, 6.45) is 0. The van der Waals surface area contributed by atoms with Crippen LogP contribution in [0.5, 0.6) is 17.2 Å². The Kier molecular flexibility index (Phi) is 8.24. The molecule has 0 heterocycles. The van der Waals surface area contributed by atoms with E-state index in [0.29, 0.717) is 22.8 Å². The molecular formula is C26H30N2O6S. The van der Waals surface area contributed by atoms with Crippen molar-refractivity contribution in [2.24, 2.45) is 0 Å². The second-order valence-corrected chi connectivity index (χ2v) is 9.76. The quantitative estimate of drug-likeness (QED) is 0.452. The summed E-state index contributed by atoms with van der Waals surface area (Å²) in [7, 11) is 0.467.